The summed E-state index contributed by atoms with van der Waals surface area (Å²) in [4.78, 5) is 10.9. The van der Waals surface area contributed by atoms with Gasteiger partial charge in [0, 0.05) is 18.5 Å². The highest BCUT2D eigenvalue weighted by Crippen LogP contribution is 2.45. The van der Waals surface area contributed by atoms with Gasteiger partial charge in [-0.15, -0.1) is 0 Å². The number of rotatable bonds is 2. The minimum Gasteiger partial charge on any atom is -0.483 e. The van der Waals surface area contributed by atoms with Crippen molar-refractivity contribution < 1.29 is 15.0 Å². The summed E-state index contributed by atoms with van der Waals surface area (Å²) in [5.74, 6) is 0. The molecule has 21 heavy (non-hydrogen) atoms. The zero-order valence-corrected chi connectivity index (χ0v) is 12.4. The van der Waals surface area contributed by atoms with Crippen LogP contribution in [0, 0.1) is 5.41 Å². The van der Waals surface area contributed by atoms with Crippen LogP contribution >= 0.6 is 0 Å². The number of hydrogen-bond acceptors (Lipinski definition) is 3. The molecule has 1 aromatic carbocycles. The molecule has 3 rings (SSSR count). The Morgan fingerprint density at radius 2 is 1.90 bits per heavy atom. The molecule has 1 heterocycles. The number of benzene rings is 1. The van der Waals surface area contributed by atoms with Gasteiger partial charge in [0.15, 0.2) is 0 Å². The molecule has 2 atom stereocenters. The molecular weight excluding hydrogens is 266 g/mol. The van der Waals surface area contributed by atoms with Crippen LogP contribution in [0.1, 0.15) is 37.7 Å². The number of aliphatic hydroxyl groups excluding tert-OH is 1. The fourth-order valence-corrected chi connectivity index (χ4v) is 3.83. The Bertz CT molecular complexity index is 437. The zero-order chi connectivity index (χ0) is 15.1. The summed E-state index contributed by atoms with van der Waals surface area (Å²) in [6.07, 6.45) is 5.85. The third kappa shape index (κ3) is 4.05. The molecule has 0 radical (unpaired) electrons. The summed E-state index contributed by atoms with van der Waals surface area (Å²) in [5.41, 5.74) is 1.61. The van der Waals surface area contributed by atoms with E-state index in [-0.39, 0.29) is 18.0 Å². The number of carboxylic acid groups (broad SMARTS) is 1. The standard InChI is InChI=1S/C16H23NO.CH2O2/c18-15-8-4-9-16(15)10-5-11-17(13-16)12-14-6-2-1-3-7-14;2-1-3/h1-3,6-7,15,18H,4-5,8-13H2;1H,(H,2,3)/t15-,16-;/m1./s1. The van der Waals surface area contributed by atoms with E-state index in [1.54, 1.807) is 0 Å². The fourth-order valence-electron chi connectivity index (χ4n) is 3.83. The van der Waals surface area contributed by atoms with Gasteiger partial charge in [0.05, 0.1) is 6.10 Å². The van der Waals surface area contributed by atoms with Gasteiger partial charge in [-0.3, -0.25) is 9.69 Å². The first kappa shape index (κ1) is 16.0. The maximum absolute atomic E-state index is 10.3. The van der Waals surface area contributed by atoms with E-state index in [1.165, 1.54) is 37.8 Å². The van der Waals surface area contributed by atoms with Crippen LogP contribution in [-0.4, -0.2) is 40.8 Å². The Morgan fingerprint density at radius 3 is 2.52 bits per heavy atom. The van der Waals surface area contributed by atoms with Crippen LogP contribution in [0.25, 0.3) is 0 Å². The number of likely N-dealkylation sites (tertiary alicyclic amines) is 1. The van der Waals surface area contributed by atoms with E-state index >= 15 is 0 Å². The molecule has 4 heteroatoms. The second-order valence-electron chi connectivity index (χ2n) is 6.18. The Labute approximate surface area is 126 Å². The molecule has 1 aromatic rings. The van der Waals surface area contributed by atoms with Gasteiger partial charge in [0.1, 0.15) is 0 Å². The molecule has 1 spiro atoms. The van der Waals surface area contributed by atoms with Crippen molar-refractivity contribution >= 4 is 6.47 Å². The van der Waals surface area contributed by atoms with Crippen molar-refractivity contribution in [3.05, 3.63) is 35.9 Å². The lowest BCUT2D eigenvalue weighted by Gasteiger charge is -2.42. The van der Waals surface area contributed by atoms with E-state index in [0.29, 0.717) is 0 Å². The first-order valence-corrected chi connectivity index (χ1v) is 7.72. The van der Waals surface area contributed by atoms with E-state index < -0.39 is 0 Å². The van der Waals surface area contributed by atoms with Crippen LogP contribution in [-0.2, 0) is 11.3 Å². The zero-order valence-electron chi connectivity index (χ0n) is 12.4. The molecule has 1 saturated heterocycles. The van der Waals surface area contributed by atoms with Gasteiger partial charge in [-0.1, -0.05) is 36.8 Å². The third-order valence-corrected chi connectivity index (χ3v) is 4.80. The summed E-state index contributed by atoms with van der Waals surface area (Å²) in [6.45, 7) is 3.06. The van der Waals surface area contributed by atoms with Gasteiger partial charge in [0.2, 0.25) is 0 Å². The lowest BCUT2D eigenvalue weighted by Crippen LogP contribution is -2.46. The highest BCUT2D eigenvalue weighted by atomic mass is 16.3. The van der Waals surface area contributed by atoms with Gasteiger partial charge in [-0.2, -0.15) is 0 Å². The second kappa shape index (κ2) is 7.57. The summed E-state index contributed by atoms with van der Waals surface area (Å²) in [6, 6.07) is 10.7. The first-order chi connectivity index (χ1) is 10.2. The van der Waals surface area contributed by atoms with E-state index in [4.69, 9.17) is 9.90 Å². The van der Waals surface area contributed by atoms with Crippen molar-refractivity contribution in [2.75, 3.05) is 13.1 Å². The van der Waals surface area contributed by atoms with E-state index in [1.807, 2.05) is 0 Å². The normalized spacial score (nSPS) is 28.9. The van der Waals surface area contributed by atoms with Crippen LogP contribution < -0.4 is 0 Å². The lowest BCUT2D eigenvalue weighted by molar-refractivity contribution is -0.122. The number of aliphatic hydroxyl groups is 1. The number of hydrogen-bond donors (Lipinski definition) is 2. The van der Waals surface area contributed by atoms with Crippen molar-refractivity contribution in [1.82, 2.24) is 4.90 Å². The average molecular weight is 291 g/mol. The van der Waals surface area contributed by atoms with Crippen LogP contribution in [0.4, 0.5) is 0 Å². The summed E-state index contributed by atoms with van der Waals surface area (Å²) >= 11 is 0. The smallest absolute Gasteiger partial charge is 0.290 e. The van der Waals surface area contributed by atoms with Gasteiger partial charge in [-0.25, -0.2) is 0 Å². The number of piperidine rings is 1. The topological polar surface area (TPSA) is 60.8 Å². The monoisotopic (exact) mass is 291 g/mol. The Morgan fingerprint density at radius 1 is 1.24 bits per heavy atom. The number of nitrogens with zero attached hydrogens (tertiary/aromatic N) is 1. The third-order valence-electron chi connectivity index (χ3n) is 4.80. The molecule has 0 bridgehead atoms. The first-order valence-electron chi connectivity index (χ1n) is 7.72. The largest absolute Gasteiger partial charge is 0.483 e. The Kier molecular flexibility index (Phi) is 5.76. The second-order valence-corrected chi connectivity index (χ2v) is 6.18. The van der Waals surface area contributed by atoms with Crippen LogP contribution in [0.15, 0.2) is 30.3 Å². The molecule has 1 aliphatic heterocycles. The summed E-state index contributed by atoms with van der Waals surface area (Å²) in [7, 11) is 0. The fraction of sp³-hybridized carbons (Fsp3) is 0.588. The molecule has 116 valence electrons. The van der Waals surface area contributed by atoms with Gasteiger partial charge < -0.3 is 10.2 Å². The highest BCUT2D eigenvalue weighted by molar-refractivity contribution is 5.32. The predicted molar refractivity (Wildman–Crippen MR) is 81.9 cm³/mol. The summed E-state index contributed by atoms with van der Waals surface area (Å²) < 4.78 is 0. The minimum absolute atomic E-state index is 0.0592. The van der Waals surface area contributed by atoms with Gasteiger partial charge in [-0.05, 0) is 37.8 Å². The quantitative estimate of drug-likeness (QED) is 0.822. The van der Waals surface area contributed by atoms with Crippen molar-refractivity contribution in [3.63, 3.8) is 0 Å². The van der Waals surface area contributed by atoms with E-state index in [0.717, 1.165) is 19.5 Å². The SMILES string of the molecule is O=CO.O[C@@H]1CCC[C@]12CCCN(Cc1ccccc1)C2. The summed E-state index contributed by atoms with van der Waals surface area (Å²) in [5, 5.41) is 17.2. The molecule has 1 aliphatic carbocycles. The average Bonchev–Trinajstić information content (AvgIpc) is 2.82. The van der Waals surface area contributed by atoms with Gasteiger partial charge in [0.25, 0.3) is 6.47 Å². The van der Waals surface area contributed by atoms with Crippen molar-refractivity contribution in [1.29, 1.82) is 0 Å². The predicted octanol–water partition coefficient (Wildman–Crippen LogP) is 2.51. The maximum Gasteiger partial charge on any atom is 0.290 e. The highest BCUT2D eigenvalue weighted by Gasteiger charge is 2.44. The van der Waals surface area contributed by atoms with Crippen LogP contribution in [0.2, 0.25) is 0 Å². The molecular formula is C17H25NO3. The Balaban J connectivity index is 0.000000497. The lowest BCUT2D eigenvalue weighted by atomic mass is 9.76. The Hall–Kier alpha value is -1.39. The molecule has 2 N–H and O–H groups in total. The van der Waals surface area contributed by atoms with Crippen LogP contribution in [0.5, 0.6) is 0 Å². The molecule has 2 aliphatic rings. The van der Waals surface area contributed by atoms with Crippen molar-refractivity contribution in [2.24, 2.45) is 5.41 Å². The van der Waals surface area contributed by atoms with Crippen LogP contribution in [0.3, 0.4) is 0 Å². The molecule has 0 amide bonds. The molecule has 4 nitrogen and oxygen atoms in total. The van der Waals surface area contributed by atoms with E-state index in [9.17, 15) is 5.11 Å². The van der Waals surface area contributed by atoms with Crippen molar-refractivity contribution in [3.8, 4) is 0 Å². The number of carbonyl (C=O) groups is 1. The van der Waals surface area contributed by atoms with E-state index in [2.05, 4.69) is 35.2 Å². The molecule has 0 aromatic heterocycles. The molecule has 2 fully saturated rings. The maximum atomic E-state index is 10.3. The molecule has 1 saturated carbocycles. The molecule has 0 unspecified atom stereocenters. The van der Waals surface area contributed by atoms with Gasteiger partial charge >= 0.3 is 0 Å². The van der Waals surface area contributed by atoms with Crippen molar-refractivity contribution in [2.45, 2.75) is 44.8 Å². The minimum atomic E-state index is -0.250.